The molecule has 0 atom stereocenters. The first-order chi connectivity index (χ1) is 9.49. The van der Waals surface area contributed by atoms with Gasteiger partial charge < -0.3 is 10.5 Å². The average molecular weight is 268 g/mol. The SMILES string of the molecule is Cc1cc(Oc2ccc(N)cc2C#N)nc(C(C)C)n1. The van der Waals surface area contributed by atoms with Gasteiger partial charge in [0.25, 0.3) is 0 Å². The molecule has 20 heavy (non-hydrogen) atoms. The third kappa shape index (κ3) is 3.04. The number of nitrogens with zero attached hydrogens (tertiary/aromatic N) is 3. The minimum atomic E-state index is 0.208. The molecule has 1 aromatic carbocycles. The number of ether oxygens (including phenoxy) is 1. The molecule has 0 saturated carbocycles. The van der Waals surface area contributed by atoms with Crippen LogP contribution in [0.2, 0.25) is 0 Å². The second kappa shape index (κ2) is 5.57. The Balaban J connectivity index is 2.38. The molecule has 0 aliphatic heterocycles. The normalized spacial score (nSPS) is 10.3. The lowest BCUT2D eigenvalue weighted by Crippen LogP contribution is -2.01. The van der Waals surface area contributed by atoms with Crippen molar-refractivity contribution in [1.82, 2.24) is 9.97 Å². The van der Waals surface area contributed by atoms with E-state index in [1.54, 1.807) is 24.3 Å². The fourth-order valence-electron chi connectivity index (χ4n) is 1.71. The van der Waals surface area contributed by atoms with Crippen molar-refractivity contribution in [3.8, 4) is 17.7 Å². The van der Waals surface area contributed by atoms with Crippen LogP contribution in [0.5, 0.6) is 11.6 Å². The van der Waals surface area contributed by atoms with Crippen LogP contribution in [0.25, 0.3) is 0 Å². The highest BCUT2D eigenvalue weighted by Crippen LogP contribution is 2.26. The first-order valence-electron chi connectivity index (χ1n) is 6.32. The summed E-state index contributed by atoms with van der Waals surface area (Å²) in [5, 5.41) is 9.10. The van der Waals surface area contributed by atoms with Crippen LogP contribution in [0.15, 0.2) is 24.3 Å². The van der Waals surface area contributed by atoms with Gasteiger partial charge in [-0.05, 0) is 25.1 Å². The fourth-order valence-corrected chi connectivity index (χ4v) is 1.71. The van der Waals surface area contributed by atoms with Crippen molar-refractivity contribution < 1.29 is 4.74 Å². The van der Waals surface area contributed by atoms with E-state index in [1.807, 2.05) is 20.8 Å². The average Bonchev–Trinajstić information content (AvgIpc) is 2.40. The van der Waals surface area contributed by atoms with Gasteiger partial charge in [-0.15, -0.1) is 0 Å². The molecule has 5 nitrogen and oxygen atoms in total. The molecule has 0 spiro atoms. The lowest BCUT2D eigenvalue weighted by molar-refractivity contribution is 0.454. The van der Waals surface area contributed by atoms with Crippen molar-refractivity contribution in [2.75, 3.05) is 5.73 Å². The van der Waals surface area contributed by atoms with Crippen LogP contribution in [0.3, 0.4) is 0 Å². The Hall–Kier alpha value is -2.61. The highest BCUT2D eigenvalue weighted by atomic mass is 16.5. The molecule has 0 unspecified atom stereocenters. The minimum Gasteiger partial charge on any atom is -0.438 e. The lowest BCUT2D eigenvalue weighted by atomic mass is 10.2. The number of nitriles is 1. The predicted molar refractivity (Wildman–Crippen MR) is 76.5 cm³/mol. The quantitative estimate of drug-likeness (QED) is 0.864. The van der Waals surface area contributed by atoms with Crippen LogP contribution >= 0.6 is 0 Å². The molecular weight excluding hydrogens is 252 g/mol. The van der Waals surface area contributed by atoms with E-state index in [2.05, 4.69) is 16.0 Å². The van der Waals surface area contributed by atoms with Crippen LogP contribution in [0.4, 0.5) is 5.69 Å². The number of anilines is 1. The van der Waals surface area contributed by atoms with Gasteiger partial charge in [0.15, 0.2) is 0 Å². The molecule has 5 heteroatoms. The van der Waals surface area contributed by atoms with Crippen LogP contribution in [0, 0.1) is 18.3 Å². The molecule has 2 N–H and O–H groups in total. The summed E-state index contributed by atoms with van der Waals surface area (Å²) in [6.45, 7) is 5.92. The van der Waals surface area contributed by atoms with Gasteiger partial charge in [0, 0.05) is 23.4 Å². The van der Waals surface area contributed by atoms with Crippen LogP contribution < -0.4 is 10.5 Å². The maximum absolute atomic E-state index is 9.10. The second-order valence-corrected chi connectivity index (χ2v) is 4.83. The molecule has 0 saturated heterocycles. The maximum atomic E-state index is 9.10. The molecule has 0 aliphatic carbocycles. The topological polar surface area (TPSA) is 84.8 Å². The largest absolute Gasteiger partial charge is 0.438 e. The Bertz CT molecular complexity index is 674. The number of hydrogen-bond acceptors (Lipinski definition) is 5. The predicted octanol–water partition coefficient (Wildman–Crippen LogP) is 3.15. The number of aromatic nitrogens is 2. The minimum absolute atomic E-state index is 0.208. The van der Waals surface area contributed by atoms with E-state index in [0.717, 1.165) is 5.69 Å². The standard InChI is InChI=1S/C15H16N4O/c1-9(2)15-18-10(3)6-14(19-15)20-13-5-4-12(17)7-11(13)8-16/h4-7,9H,17H2,1-3H3. The zero-order valence-corrected chi connectivity index (χ0v) is 11.7. The fraction of sp³-hybridized carbons (Fsp3) is 0.267. The molecule has 1 heterocycles. The monoisotopic (exact) mass is 268 g/mol. The summed E-state index contributed by atoms with van der Waals surface area (Å²) < 4.78 is 5.70. The van der Waals surface area contributed by atoms with Crippen molar-refractivity contribution in [3.05, 3.63) is 41.3 Å². The number of nitrogen functional groups attached to an aromatic ring is 1. The maximum Gasteiger partial charge on any atom is 0.222 e. The molecule has 0 radical (unpaired) electrons. The van der Waals surface area contributed by atoms with Crippen molar-refractivity contribution in [1.29, 1.82) is 5.26 Å². The summed E-state index contributed by atoms with van der Waals surface area (Å²) in [4.78, 5) is 8.71. The van der Waals surface area contributed by atoms with Gasteiger partial charge >= 0.3 is 0 Å². The molecular formula is C15H16N4O. The molecule has 102 valence electrons. The first kappa shape index (κ1) is 13.8. The summed E-state index contributed by atoms with van der Waals surface area (Å²) in [5.74, 6) is 1.80. The summed E-state index contributed by atoms with van der Waals surface area (Å²) in [7, 11) is 0. The Labute approximate surface area is 118 Å². The molecule has 1 aromatic heterocycles. The molecule has 0 fully saturated rings. The van der Waals surface area contributed by atoms with E-state index in [9.17, 15) is 0 Å². The second-order valence-electron chi connectivity index (χ2n) is 4.83. The summed E-state index contributed by atoms with van der Waals surface area (Å²) in [6.07, 6.45) is 0. The Kier molecular flexibility index (Phi) is 3.85. The third-order valence-electron chi connectivity index (χ3n) is 2.70. The zero-order valence-electron chi connectivity index (χ0n) is 11.7. The lowest BCUT2D eigenvalue weighted by Gasteiger charge is -2.10. The van der Waals surface area contributed by atoms with Gasteiger partial charge in [0.1, 0.15) is 17.6 Å². The molecule has 2 aromatic rings. The van der Waals surface area contributed by atoms with E-state index in [-0.39, 0.29) is 5.92 Å². The van der Waals surface area contributed by atoms with E-state index in [1.165, 1.54) is 0 Å². The van der Waals surface area contributed by atoms with Gasteiger partial charge in [0.05, 0.1) is 5.56 Å². The molecule has 0 aliphatic rings. The van der Waals surface area contributed by atoms with Gasteiger partial charge in [-0.2, -0.15) is 10.2 Å². The van der Waals surface area contributed by atoms with Gasteiger partial charge in [-0.3, -0.25) is 0 Å². The first-order valence-corrected chi connectivity index (χ1v) is 6.32. The number of nitrogens with two attached hydrogens (primary N) is 1. The highest BCUT2D eigenvalue weighted by Gasteiger charge is 2.10. The van der Waals surface area contributed by atoms with Crippen molar-refractivity contribution in [2.45, 2.75) is 26.7 Å². The van der Waals surface area contributed by atoms with Crippen molar-refractivity contribution in [2.24, 2.45) is 0 Å². The van der Waals surface area contributed by atoms with E-state index < -0.39 is 0 Å². The number of aryl methyl sites for hydroxylation is 1. The van der Waals surface area contributed by atoms with Gasteiger partial charge in [0.2, 0.25) is 5.88 Å². The van der Waals surface area contributed by atoms with Crippen LogP contribution in [0.1, 0.15) is 36.8 Å². The Morgan fingerprint density at radius 2 is 2.00 bits per heavy atom. The number of benzene rings is 1. The molecule has 0 amide bonds. The summed E-state index contributed by atoms with van der Waals surface area (Å²) in [6, 6.07) is 8.73. The third-order valence-corrected chi connectivity index (χ3v) is 2.70. The van der Waals surface area contributed by atoms with Crippen LogP contribution in [-0.4, -0.2) is 9.97 Å². The summed E-state index contributed by atoms with van der Waals surface area (Å²) >= 11 is 0. The van der Waals surface area contributed by atoms with Crippen molar-refractivity contribution in [3.63, 3.8) is 0 Å². The number of rotatable bonds is 3. The smallest absolute Gasteiger partial charge is 0.222 e. The van der Waals surface area contributed by atoms with E-state index in [4.69, 9.17) is 15.7 Å². The number of hydrogen-bond donors (Lipinski definition) is 1. The van der Waals surface area contributed by atoms with E-state index in [0.29, 0.717) is 28.7 Å². The van der Waals surface area contributed by atoms with Gasteiger partial charge in [-0.25, -0.2) is 4.98 Å². The van der Waals surface area contributed by atoms with E-state index >= 15 is 0 Å². The summed E-state index contributed by atoms with van der Waals surface area (Å²) in [5.41, 5.74) is 7.38. The molecule has 2 rings (SSSR count). The van der Waals surface area contributed by atoms with Gasteiger partial charge in [-0.1, -0.05) is 13.8 Å². The zero-order chi connectivity index (χ0) is 14.7. The van der Waals surface area contributed by atoms with Crippen LogP contribution in [-0.2, 0) is 0 Å². The molecule has 0 bridgehead atoms. The Morgan fingerprint density at radius 1 is 1.25 bits per heavy atom. The highest BCUT2D eigenvalue weighted by molar-refractivity contribution is 5.53. The Morgan fingerprint density at radius 3 is 2.65 bits per heavy atom. The van der Waals surface area contributed by atoms with Crippen molar-refractivity contribution >= 4 is 5.69 Å².